The van der Waals surface area contributed by atoms with Crippen molar-refractivity contribution in [2.45, 2.75) is 32.6 Å². The topological polar surface area (TPSA) is 79.5 Å². The van der Waals surface area contributed by atoms with Gasteiger partial charge in [0.2, 0.25) is 5.91 Å². The van der Waals surface area contributed by atoms with Gasteiger partial charge in [0, 0.05) is 0 Å². The molecule has 1 unspecified atom stereocenters. The summed E-state index contributed by atoms with van der Waals surface area (Å²) in [6.45, 7) is 4.13. The summed E-state index contributed by atoms with van der Waals surface area (Å²) in [7, 11) is 0. The molecule has 0 heterocycles. The lowest BCUT2D eigenvalue weighted by Gasteiger charge is -2.12. The number of hydrogen-bond acceptors (Lipinski definition) is 4. The highest BCUT2D eigenvalue weighted by molar-refractivity contribution is 7.80. The van der Waals surface area contributed by atoms with E-state index >= 15 is 0 Å². The second kappa shape index (κ2) is 11.0. The maximum absolute atomic E-state index is 11.9. The number of rotatable bonds is 7. The van der Waals surface area contributed by atoms with Crippen molar-refractivity contribution in [3.63, 3.8) is 0 Å². The van der Waals surface area contributed by atoms with Gasteiger partial charge in [0.25, 0.3) is 5.91 Å². The number of nitrogens with one attached hydrogen (secondary N) is 3. The Bertz CT molecular complexity index is 794. The van der Waals surface area contributed by atoms with Crippen LogP contribution in [0.4, 0.5) is 0 Å². The van der Waals surface area contributed by atoms with Gasteiger partial charge < -0.3 is 10.1 Å². The van der Waals surface area contributed by atoms with Crippen molar-refractivity contribution in [2.75, 3.05) is 6.61 Å². The van der Waals surface area contributed by atoms with Gasteiger partial charge >= 0.3 is 0 Å². The van der Waals surface area contributed by atoms with Crippen LogP contribution in [-0.4, -0.2) is 23.5 Å². The molecular weight excluding hydrogens is 374 g/mol. The molecular formula is C21H25N3O3S. The van der Waals surface area contributed by atoms with Crippen molar-refractivity contribution in [1.82, 2.24) is 16.2 Å². The van der Waals surface area contributed by atoms with E-state index in [2.05, 4.69) is 30.0 Å². The summed E-state index contributed by atoms with van der Waals surface area (Å²) in [6.07, 6.45) is 1.27. The first-order chi connectivity index (χ1) is 13.5. The van der Waals surface area contributed by atoms with Gasteiger partial charge in [-0.25, -0.2) is 0 Å². The van der Waals surface area contributed by atoms with Crippen LogP contribution in [0, 0.1) is 0 Å². The van der Waals surface area contributed by atoms with Crippen molar-refractivity contribution >= 4 is 29.1 Å². The van der Waals surface area contributed by atoms with E-state index in [0.29, 0.717) is 11.7 Å². The minimum atomic E-state index is -0.411. The molecule has 7 heteroatoms. The van der Waals surface area contributed by atoms with E-state index in [4.69, 9.17) is 17.0 Å². The van der Waals surface area contributed by atoms with Crippen LogP contribution >= 0.6 is 12.2 Å². The molecule has 2 aromatic carbocycles. The molecule has 1 atom stereocenters. The Balaban J connectivity index is 1.67. The highest BCUT2D eigenvalue weighted by Gasteiger charge is 2.08. The second-order valence-corrected chi connectivity index (χ2v) is 6.79. The fourth-order valence-electron chi connectivity index (χ4n) is 2.42. The standard InChI is InChI=1S/C21H25N3O3S/c1-3-15(2)17-9-11-18(12-10-17)27-14-20(26)23-24-21(28)22-19(25)13-16-7-5-4-6-8-16/h4-12,15H,3,13-14H2,1-2H3,(H,23,26)(H2,22,24,25,28). The monoisotopic (exact) mass is 399 g/mol. The van der Waals surface area contributed by atoms with Gasteiger partial charge in [0.15, 0.2) is 11.7 Å². The Morgan fingerprint density at radius 3 is 2.32 bits per heavy atom. The second-order valence-electron chi connectivity index (χ2n) is 6.38. The smallest absolute Gasteiger partial charge is 0.276 e. The molecule has 0 aromatic heterocycles. The van der Waals surface area contributed by atoms with Crippen LogP contribution in [0.3, 0.4) is 0 Å². The average molecular weight is 400 g/mol. The number of thiocarbonyl (C=S) groups is 1. The molecule has 0 aliphatic rings. The van der Waals surface area contributed by atoms with Crippen molar-refractivity contribution in [2.24, 2.45) is 0 Å². The molecule has 0 aliphatic carbocycles. The van der Waals surface area contributed by atoms with Gasteiger partial charge in [-0.1, -0.05) is 56.3 Å². The average Bonchev–Trinajstić information content (AvgIpc) is 2.71. The minimum absolute atomic E-state index is 0.0205. The van der Waals surface area contributed by atoms with E-state index in [9.17, 15) is 9.59 Å². The van der Waals surface area contributed by atoms with E-state index in [1.165, 1.54) is 5.56 Å². The maximum atomic E-state index is 11.9. The van der Waals surface area contributed by atoms with Crippen LogP contribution in [0.1, 0.15) is 37.3 Å². The Hall–Kier alpha value is -2.93. The van der Waals surface area contributed by atoms with Crippen LogP contribution < -0.4 is 20.9 Å². The molecule has 0 aliphatic heterocycles. The SMILES string of the molecule is CCC(C)c1ccc(OCC(=O)NNC(=S)NC(=O)Cc2ccccc2)cc1. The molecule has 0 saturated heterocycles. The number of ether oxygens (including phenoxy) is 1. The van der Waals surface area contributed by atoms with Crippen molar-refractivity contribution in [3.05, 3.63) is 65.7 Å². The van der Waals surface area contributed by atoms with E-state index < -0.39 is 5.91 Å². The summed E-state index contributed by atoms with van der Waals surface area (Å²) in [5.41, 5.74) is 6.99. The summed E-state index contributed by atoms with van der Waals surface area (Å²) >= 11 is 4.99. The zero-order valence-corrected chi connectivity index (χ0v) is 16.8. The Kier molecular flexibility index (Phi) is 8.42. The number of hydrazine groups is 1. The predicted octanol–water partition coefficient (Wildman–Crippen LogP) is 2.84. The molecule has 2 amide bonds. The summed E-state index contributed by atoms with van der Waals surface area (Å²) < 4.78 is 5.45. The fraction of sp³-hybridized carbons (Fsp3) is 0.286. The first kappa shape index (κ1) is 21.4. The molecule has 0 radical (unpaired) electrons. The lowest BCUT2D eigenvalue weighted by Crippen LogP contribution is -2.49. The van der Waals surface area contributed by atoms with Crippen molar-refractivity contribution < 1.29 is 14.3 Å². The largest absolute Gasteiger partial charge is 0.484 e. The van der Waals surface area contributed by atoms with Crippen LogP contribution in [-0.2, 0) is 16.0 Å². The van der Waals surface area contributed by atoms with E-state index in [1.54, 1.807) is 0 Å². The normalized spacial score (nSPS) is 11.2. The Morgan fingerprint density at radius 1 is 1.00 bits per heavy atom. The van der Waals surface area contributed by atoms with Crippen molar-refractivity contribution in [3.8, 4) is 5.75 Å². The molecule has 0 bridgehead atoms. The summed E-state index contributed by atoms with van der Waals surface area (Å²) in [6, 6.07) is 17.0. The van der Waals surface area contributed by atoms with Gasteiger partial charge in [-0.3, -0.25) is 20.4 Å². The summed E-state index contributed by atoms with van der Waals surface area (Å²) in [5, 5.41) is 2.53. The van der Waals surface area contributed by atoms with Gasteiger partial charge in [0.1, 0.15) is 5.75 Å². The van der Waals surface area contributed by atoms with Gasteiger partial charge in [-0.05, 0) is 47.8 Å². The molecule has 0 spiro atoms. The number of amides is 2. The van der Waals surface area contributed by atoms with Crippen molar-refractivity contribution in [1.29, 1.82) is 0 Å². The van der Waals surface area contributed by atoms with Gasteiger partial charge in [-0.15, -0.1) is 0 Å². The number of hydrogen-bond donors (Lipinski definition) is 3. The zero-order valence-electron chi connectivity index (χ0n) is 16.0. The third-order valence-corrected chi connectivity index (χ3v) is 4.41. The highest BCUT2D eigenvalue weighted by Crippen LogP contribution is 2.21. The van der Waals surface area contributed by atoms with Gasteiger partial charge in [-0.2, -0.15) is 0 Å². The Morgan fingerprint density at radius 2 is 1.68 bits per heavy atom. The van der Waals surface area contributed by atoms with E-state index in [0.717, 1.165) is 12.0 Å². The van der Waals surface area contributed by atoms with Crippen LogP contribution in [0.25, 0.3) is 0 Å². The third kappa shape index (κ3) is 7.36. The van der Waals surface area contributed by atoms with Crippen LogP contribution in [0.15, 0.2) is 54.6 Å². The van der Waals surface area contributed by atoms with E-state index in [1.807, 2.05) is 54.6 Å². The first-order valence-electron chi connectivity index (χ1n) is 9.13. The highest BCUT2D eigenvalue weighted by atomic mass is 32.1. The molecule has 2 aromatic rings. The number of carbonyl (C=O) groups is 2. The molecule has 0 fully saturated rings. The lowest BCUT2D eigenvalue weighted by molar-refractivity contribution is -0.124. The molecule has 148 valence electrons. The molecule has 28 heavy (non-hydrogen) atoms. The Labute approximate surface area is 170 Å². The molecule has 3 N–H and O–H groups in total. The minimum Gasteiger partial charge on any atom is -0.484 e. The van der Waals surface area contributed by atoms with Crippen LogP contribution in [0.5, 0.6) is 5.75 Å². The number of benzene rings is 2. The predicted molar refractivity (Wildman–Crippen MR) is 113 cm³/mol. The van der Waals surface area contributed by atoms with Gasteiger partial charge in [0.05, 0.1) is 6.42 Å². The third-order valence-electron chi connectivity index (χ3n) is 4.21. The zero-order chi connectivity index (χ0) is 20.4. The molecule has 0 saturated carbocycles. The van der Waals surface area contributed by atoms with Crippen LogP contribution in [0.2, 0.25) is 0 Å². The summed E-state index contributed by atoms with van der Waals surface area (Å²) in [4.78, 5) is 23.7. The fourth-order valence-corrected chi connectivity index (χ4v) is 2.59. The quantitative estimate of drug-likeness (QED) is 0.493. The lowest BCUT2D eigenvalue weighted by atomic mass is 9.99. The number of carbonyl (C=O) groups excluding carboxylic acids is 2. The first-order valence-corrected chi connectivity index (χ1v) is 9.54. The maximum Gasteiger partial charge on any atom is 0.276 e. The molecule has 2 rings (SSSR count). The van der Waals surface area contributed by atoms with E-state index in [-0.39, 0.29) is 24.0 Å². The molecule has 6 nitrogen and oxygen atoms in total. The summed E-state index contributed by atoms with van der Waals surface area (Å²) in [5.74, 6) is 0.418.